The highest BCUT2D eigenvalue weighted by Gasteiger charge is 2.23. The molecule has 4 N–H and O–H groups in total. The van der Waals surface area contributed by atoms with Crippen molar-refractivity contribution in [3.8, 4) is 0 Å². The summed E-state index contributed by atoms with van der Waals surface area (Å²) in [7, 11) is 0. The number of hydrogen-bond acceptors (Lipinski definition) is 6. The fraction of sp³-hybridized carbons (Fsp3) is 0.917. The first-order chi connectivity index (χ1) is 16.7. The molecule has 3 fully saturated rings. The number of amides is 4. The van der Waals surface area contributed by atoms with E-state index in [1.165, 1.54) is 0 Å². The van der Waals surface area contributed by atoms with Crippen LogP contribution in [0.3, 0.4) is 0 Å². The van der Waals surface area contributed by atoms with Crippen molar-refractivity contribution >= 4 is 12.1 Å². The Morgan fingerprint density at radius 1 is 0.676 bits per heavy atom. The molecule has 4 amide bonds. The van der Waals surface area contributed by atoms with Crippen molar-refractivity contribution in [1.29, 1.82) is 0 Å². The summed E-state index contributed by atoms with van der Waals surface area (Å²) in [5.41, 5.74) is 0. The van der Waals surface area contributed by atoms with Gasteiger partial charge in [-0.05, 0) is 57.0 Å². The maximum Gasteiger partial charge on any atom is 0.314 e. The van der Waals surface area contributed by atoms with Crippen molar-refractivity contribution in [2.45, 2.75) is 38.5 Å². The van der Waals surface area contributed by atoms with Gasteiger partial charge in [0.05, 0.1) is 26.4 Å². The summed E-state index contributed by atoms with van der Waals surface area (Å²) < 4.78 is 10.7. The van der Waals surface area contributed by atoms with Gasteiger partial charge in [0.15, 0.2) is 0 Å². The molecule has 10 heteroatoms. The lowest BCUT2D eigenvalue weighted by Crippen LogP contribution is -2.43. The highest BCUT2D eigenvalue weighted by molar-refractivity contribution is 5.74. The molecule has 0 aromatic heterocycles. The second-order valence-corrected chi connectivity index (χ2v) is 9.79. The van der Waals surface area contributed by atoms with Gasteiger partial charge >= 0.3 is 12.1 Å². The maximum atomic E-state index is 12.1. The number of carbonyl (C=O) groups is 2. The zero-order valence-corrected chi connectivity index (χ0v) is 20.8. The van der Waals surface area contributed by atoms with Crippen molar-refractivity contribution in [2.24, 2.45) is 11.8 Å². The number of urea groups is 2. The molecule has 2 saturated heterocycles. The Morgan fingerprint density at radius 3 is 1.56 bits per heavy atom. The van der Waals surface area contributed by atoms with Crippen LogP contribution < -0.4 is 21.3 Å². The summed E-state index contributed by atoms with van der Waals surface area (Å²) in [6.07, 6.45) is 6.40. The summed E-state index contributed by atoms with van der Waals surface area (Å²) >= 11 is 0. The Hall–Kier alpha value is -1.62. The molecule has 2 heterocycles. The quantitative estimate of drug-likeness (QED) is 0.307. The molecule has 0 spiro atoms. The van der Waals surface area contributed by atoms with Crippen LogP contribution in [0, 0.1) is 11.8 Å². The van der Waals surface area contributed by atoms with E-state index in [4.69, 9.17) is 9.47 Å². The molecule has 3 rings (SSSR count). The standard InChI is InChI=1S/C24H46N6O4/c31-23(25-6-2-8-29-10-14-33-15-11-29)27-19-21-4-1-5-22(18-21)20-28-24(32)26-7-3-9-30-12-16-34-17-13-30/h21-22H,1-20H2,(H2,25,27,31)(H2,26,28,32)/t21-,22-/m1/s1. The number of ether oxygens (including phenoxy) is 2. The Balaban J connectivity index is 1.17. The third kappa shape index (κ3) is 11.2. The number of carbonyl (C=O) groups excluding carboxylic acids is 2. The molecule has 2 atom stereocenters. The van der Waals surface area contributed by atoms with Crippen molar-refractivity contribution < 1.29 is 19.1 Å². The Bertz CT molecular complexity index is 536. The zero-order valence-electron chi connectivity index (χ0n) is 20.8. The Kier molecular flexibility index (Phi) is 12.8. The number of nitrogens with zero attached hydrogens (tertiary/aromatic N) is 2. The van der Waals surface area contributed by atoms with Gasteiger partial charge in [-0.1, -0.05) is 6.42 Å². The van der Waals surface area contributed by atoms with Gasteiger partial charge in [0, 0.05) is 52.4 Å². The maximum absolute atomic E-state index is 12.1. The molecule has 0 radical (unpaired) electrons. The van der Waals surface area contributed by atoms with Crippen LogP contribution in [0.1, 0.15) is 38.5 Å². The predicted octanol–water partition coefficient (Wildman–Crippen LogP) is 0.836. The van der Waals surface area contributed by atoms with E-state index in [2.05, 4.69) is 31.1 Å². The molecule has 1 saturated carbocycles. The van der Waals surface area contributed by atoms with Gasteiger partial charge in [0.1, 0.15) is 0 Å². The van der Waals surface area contributed by atoms with Crippen LogP contribution >= 0.6 is 0 Å². The van der Waals surface area contributed by atoms with Gasteiger partial charge in [-0.3, -0.25) is 9.80 Å². The molecule has 0 aromatic rings. The fourth-order valence-electron chi connectivity index (χ4n) is 5.03. The first-order valence-electron chi connectivity index (χ1n) is 13.3. The minimum atomic E-state index is -0.0707. The third-order valence-corrected chi connectivity index (χ3v) is 7.07. The van der Waals surface area contributed by atoms with Crippen LogP contribution in [0.15, 0.2) is 0 Å². The molecule has 0 unspecified atom stereocenters. The molecule has 196 valence electrons. The van der Waals surface area contributed by atoms with Crippen LogP contribution in [0.2, 0.25) is 0 Å². The minimum Gasteiger partial charge on any atom is -0.379 e. The molecule has 3 aliphatic rings. The van der Waals surface area contributed by atoms with Crippen LogP contribution in [0.4, 0.5) is 9.59 Å². The topological polar surface area (TPSA) is 107 Å². The number of morpholine rings is 2. The molecule has 0 bridgehead atoms. The van der Waals surface area contributed by atoms with E-state index in [1.54, 1.807) is 0 Å². The van der Waals surface area contributed by atoms with Crippen LogP contribution in [-0.2, 0) is 9.47 Å². The lowest BCUT2D eigenvalue weighted by Gasteiger charge is -2.29. The van der Waals surface area contributed by atoms with E-state index < -0.39 is 0 Å². The van der Waals surface area contributed by atoms with Gasteiger partial charge in [0.2, 0.25) is 0 Å². The van der Waals surface area contributed by atoms with Crippen molar-refractivity contribution in [3.05, 3.63) is 0 Å². The summed E-state index contributed by atoms with van der Waals surface area (Å²) in [6, 6.07) is -0.141. The molecule has 10 nitrogen and oxygen atoms in total. The first kappa shape index (κ1) is 27.0. The van der Waals surface area contributed by atoms with E-state index >= 15 is 0 Å². The molecular weight excluding hydrogens is 436 g/mol. The van der Waals surface area contributed by atoms with Crippen molar-refractivity contribution in [1.82, 2.24) is 31.1 Å². The molecule has 1 aliphatic carbocycles. The summed E-state index contributed by atoms with van der Waals surface area (Å²) in [4.78, 5) is 29.0. The minimum absolute atomic E-state index is 0.0707. The van der Waals surface area contributed by atoms with Crippen molar-refractivity contribution in [3.63, 3.8) is 0 Å². The molecule has 0 aromatic carbocycles. The van der Waals surface area contributed by atoms with Gasteiger partial charge in [-0.25, -0.2) is 9.59 Å². The predicted molar refractivity (Wildman–Crippen MR) is 132 cm³/mol. The fourth-order valence-corrected chi connectivity index (χ4v) is 5.03. The number of rotatable bonds is 12. The van der Waals surface area contributed by atoms with Gasteiger partial charge in [0.25, 0.3) is 0 Å². The average Bonchev–Trinajstić information content (AvgIpc) is 2.88. The van der Waals surface area contributed by atoms with Crippen molar-refractivity contribution in [2.75, 3.05) is 91.9 Å². The Labute approximate surface area is 204 Å². The van der Waals surface area contributed by atoms with Crippen LogP contribution in [-0.4, -0.2) is 114 Å². The van der Waals surface area contributed by atoms with E-state index in [0.29, 0.717) is 38.0 Å². The average molecular weight is 483 g/mol. The largest absolute Gasteiger partial charge is 0.379 e. The molecule has 34 heavy (non-hydrogen) atoms. The van der Waals surface area contributed by atoms with Crippen LogP contribution in [0.25, 0.3) is 0 Å². The zero-order chi connectivity index (χ0) is 23.8. The van der Waals surface area contributed by atoms with Gasteiger partial charge in [-0.2, -0.15) is 0 Å². The monoisotopic (exact) mass is 482 g/mol. The highest BCUT2D eigenvalue weighted by atomic mass is 16.5. The lowest BCUT2D eigenvalue weighted by molar-refractivity contribution is 0.0375. The number of nitrogens with one attached hydrogen (secondary N) is 4. The van der Waals surface area contributed by atoms with E-state index in [9.17, 15) is 9.59 Å². The molecular formula is C24H46N6O4. The second kappa shape index (κ2) is 16.1. The van der Waals surface area contributed by atoms with Gasteiger partial charge in [-0.15, -0.1) is 0 Å². The SMILES string of the molecule is O=C(NCCCN1CCOCC1)NC[C@@H]1CCC[C@@H](CNC(=O)NCCCN2CCOCC2)C1. The molecule has 2 aliphatic heterocycles. The smallest absolute Gasteiger partial charge is 0.314 e. The Morgan fingerprint density at radius 2 is 1.12 bits per heavy atom. The third-order valence-electron chi connectivity index (χ3n) is 7.07. The summed E-state index contributed by atoms with van der Waals surface area (Å²) in [5.74, 6) is 0.965. The summed E-state index contributed by atoms with van der Waals surface area (Å²) in [5, 5.41) is 12.0. The normalized spacial score (nSPS) is 24.4. The van der Waals surface area contributed by atoms with Gasteiger partial charge < -0.3 is 30.7 Å². The van der Waals surface area contributed by atoms with Crippen LogP contribution in [0.5, 0.6) is 0 Å². The van der Waals surface area contributed by atoms with E-state index in [0.717, 1.165) is 104 Å². The lowest BCUT2D eigenvalue weighted by atomic mass is 9.81. The summed E-state index contributed by atoms with van der Waals surface area (Å²) in [6.45, 7) is 12.0. The number of hydrogen-bond donors (Lipinski definition) is 4. The van der Waals surface area contributed by atoms with E-state index in [1.807, 2.05) is 0 Å². The second-order valence-electron chi connectivity index (χ2n) is 9.79. The highest BCUT2D eigenvalue weighted by Crippen LogP contribution is 2.28. The van der Waals surface area contributed by atoms with E-state index in [-0.39, 0.29) is 12.1 Å². The first-order valence-corrected chi connectivity index (χ1v) is 13.3.